The largest absolute Gasteiger partial charge is 0.350 e. The number of H-pyrrole nitrogens is 2. The number of nitrogens with zero attached hydrogens (tertiary/aromatic N) is 3. The fourth-order valence-electron chi connectivity index (χ4n) is 2.64. The van der Waals surface area contributed by atoms with E-state index in [2.05, 4.69) is 30.7 Å². The van der Waals surface area contributed by atoms with Crippen LogP contribution in [0.25, 0.3) is 22.3 Å². The number of fused-ring (bicyclic) bond motifs is 1. The van der Waals surface area contributed by atoms with Crippen molar-refractivity contribution in [2.24, 2.45) is 0 Å². The molecule has 4 aromatic rings. The number of hydrogen-bond donors (Lipinski definition) is 3. The highest BCUT2D eigenvalue weighted by molar-refractivity contribution is 6.04. The second-order valence-corrected chi connectivity index (χ2v) is 5.60. The number of nitrogens with one attached hydrogen (secondary N) is 3. The molecule has 7 heteroatoms. The summed E-state index contributed by atoms with van der Waals surface area (Å²) in [4.78, 5) is 16.7. The van der Waals surface area contributed by atoms with Crippen LogP contribution in [0.2, 0.25) is 0 Å². The molecule has 0 aliphatic rings. The Balaban J connectivity index is 1.38. The number of rotatable bonds is 5. The molecule has 2 aromatic heterocycles. The molecule has 7 nitrogen and oxygen atoms in total. The lowest BCUT2D eigenvalue weighted by atomic mass is 10.2. The molecule has 0 saturated heterocycles. The van der Waals surface area contributed by atoms with E-state index in [4.69, 9.17) is 0 Å². The highest BCUT2D eigenvalue weighted by atomic mass is 16.1. The van der Waals surface area contributed by atoms with Gasteiger partial charge in [0.1, 0.15) is 5.82 Å². The van der Waals surface area contributed by atoms with Crippen molar-refractivity contribution in [2.45, 2.75) is 6.42 Å². The van der Waals surface area contributed by atoms with Crippen LogP contribution in [0, 0.1) is 0 Å². The number of aromatic amines is 2. The van der Waals surface area contributed by atoms with Crippen molar-refractivity contribution in [3.05, 3.63) is 66.1 Å². The van der Waals surface area contributed by atoms with Gasteiger partial charge in [0.25, 0.3) is 5.91 Å². The van der Waals surface area contributed by atoms with Gasteiger partial charge in [-0.1, -0.05) is 48.5 Å². The van der Waals surface area contributed by atoms with Crippen LogP contribution >= 0.6 is 0 Å². The average molecular weight is 332 g/mol. The van der Waals surface area contributed by atoms with Gasteiger partial charge in [0.2, 0.25) is 0 Å². The number of carbonyl (C=O) groups is 1. The van der Waals surface area contributed by atoms with E-state index >= 15 is 0 Å². The van der Waals surface area contributed by atoms with Crippen LogP contribution in [0.4, 0.5) is 0 Å². The predicted octanol–water partition coefficient (Wildman–Crippen LogP) is 2.32. The molecule has 0 aliphatic carbocycles. The van der Waals surface area contributed by atoms with Crippen molar-refractivity contribution in [3.63, 3.8) is 0 Å². The Bertz CT molecular complexity index is 1000. The highest BCUT2D eigenvalue weighted by Gasteiger charge is 2.13. The van der Waals surface area contributed by atoms with Crippen LogP contribution in [-0.2, 0) is 6.42 Å². The molecule has 0 radical (unpaired) electrons. The van der Waals surface area contributed by atoms with Crippen LogP contribution in [0.1, 0.15) is 16.3 Å². The molecule has 25 heavy (non-hydrogen) atoms. The van der Waals surface area contributed by atoms with Gasteiger partial charge in [-0.2, -0.15) is 10.2 Å². The summed E-state index contributed by atoms with van der Waals surface area (Å²) < 4.78 is 0. The fourth-order valence-corrected chi connectivity index (χ4v) is 2.64. The standard InChI is InChI=1S/C18H16N6O/c25-18(16-13-8-4-5-9-14(13)21-23-16)19-11-10-15-20-17(24-22-15)12-6-2-1-3-7-12/h1-9H,10-11H2,(H,19,25)(H,21,23)(H,20,22,24). The Labute approximate surface area is 143 Å². The average Bonchev–Trinajstić information content (AvgIpc) is 3.29. The van der Waals surface area contributed by atoms with E-state index in [1.165, 1.54) is 0 Å². The molecular weight excluding hydrogens is 316 g/mol. The number of para-hydroxylation sites is 1. The Morgan fingerprint density at radius 3 is 2.64 bits per heavy atom. The lowest BCUT2D eigenvalue weighted by Crippen LogP contribution is -2.26. The maximum atomic E-state index is 12.3. The normalized spacial score (nSPS) is 10.9. The van der Waals surface area contributed by atoms with Crippen LogP contribution in [0.3, 0.4) is 0 Å². The van der Waals surface area contributed by atoms with E-state index in [-0.39, 0.29) is 5.91 Å². The molecule has 0 saturated carbocycles. The van der Waals surface area contributed by atoms with Gasteiger partial charge in [-0.25, -0.2) is 4.98 Å². The van der Waals surface area contributed by atoms with E-state index in [9.17, 15) is 4.79 Å². The van der Waals surface area contributed by atoms with E-state index in [1.807, 2.05) is 54.6 Å². The minimum absolute atomic E-state index is 0.208. The summed E-state index contributed by atoms with van der Waals surface area (Å²) in [5, 5.41) is 17.7. The van der Waals surface area contributed by atoms with Crippen LogP contribution in [0.5, 0.6) is 0 Å². The monoisotopic (exact) mass is 332 g/mol. The maximum absolute atomic E-state index is 12.3. The molecule has 1 amide bonds. The van der Waals surface area contributed by atoms with Gasteiger partial charge in [-0.3, -0.25) is 15.0 Å². The number of hydrogen-bond acceptors (Lipinski definition) is 4. The van der Waals surface area contributed by atoms with E-state index in [0.717, 1.165) is 22.3 Å². The third kappa shape index (κ3) is 3.12. The summed E-state index contributed by atoms with van der Waals surface area (Å²) in [5.41, 5.74) is 2.20. The zero-order valence-corrected chi connectivity index (χ0v) is 13.4. The van der Waals surface area contributed by atoms with Gasteiger partial charge >= 0.3 is 0 Å². The van der Waals surface area contributed by atoms with Gasteiger partial charge in [0.15, 0.2) is 11.5 Å². The third-order valence-corrected chi connectivity index (χ3v) is 3.90. The van der Waals surface area contributed by atoms with E-state index < -0.39 is 0 Å². The fraction of sp³-hybridized carbons (Fsp3) is 0.111. The Morgan fingerprint density at radius 1 is 0.960 bits per heavy atom. The Kier molecular flexibility index (Phi) is 3.96. The van der Waals surface area contributed by atoms with Gasteiger partial charge < -0.3 is 5.32 Å². The van der Waals surface area contributed by atoms with Crippen molar-refractivity contribution in [1.29, 1.82) is 0 Å². The first-order valence-corrected chi connectivity index (χ1v) is 7.99. The smallest absolute Gasteiger partial charge is 0.272 e. The highest BCUT2D eigenvalue weighted by Crippen LogP contribution is 2.15. The molecule has 0 unspecified atom stereocenters. The molecule has 0 aliphatic heterocycles. The molecular formula is C18H16N6O. The molecule has 0 spiro atoms. The Hall–Kier alpha value is -3.48. The molecule has 124 valence electrons. The number of aromatic nitrogens is 5. The second-order valence-electron chi connectivity index (χ2n) is 5.60. The SMILES string of the molecule is O=C(NCCc1nc(-c2ccccc2)n[nH]1)c1n[nH]c2ccccc12. The van der Waals surface area contributed by atoms with Crippen molar-refractivity contribution in [3.8, 4) is 11.4 Å². The van der Waals surface area contributed by atoms with Gasteiger partial charge in [-0.15, -0.1) is 0 Å². The molecule has 3 N–H and O–H groups in total. The minimum Gasteiger partial charge on any atom is -0.350 e. The van der Waals surface area contributed by atoms with E-state index in [0.29, 0.717) is 24.5 Å². The first-order chi connectivity index (χ1) is 12.3. The summed E-state index contributed by atoms with van der Waals surface area (Å²) in [6.45, 7) is 0.448. The molecule has 2 aromatic carbocycles. The van der Waals surface area contributed by atoms with Crippen molar-refractivity contribution < 1.29 is 4.79 Å². The molecule has 4 rings (SSSR count). The zero-order chi connectivity index (χ0) is 17.1. The van der Waals surface area contributed by atoms with E-state index in [1.54, 1.807) is 0 Å². The minimum atomic E-state index is -0.208. The van der Waals surface area contributed by atoms with Crippen molar-refractivity contribution in [1.82, 2.24) is 30.7 Å². The quantitative estimate of drug-likeness (QED) is 0.522. The summed E-state index contributed by atoms with van der Waals surface area (Å²) in [5.74, 6) is 1.17. The van der Waals surface area contributed by atoms with Gasteiger partial charge in [0.05, 0.1) is 5.52 Å². The van der Waals surface area contributed by atoms with Crippen LogP contribution < -0.4 is 5.32 Å². The Morgan fingerprint density at radius 2 is 1.76 bits per heavy atom. The number of amides is 1. The summed E-state index contributed by atoms with van der Waals surface area (Å²) in [6.07, 6.45) is 0.563. The summed E-state index contributed by atoms with van der Waals surface area (Å²) >= 11 is 0. The lowest BCUT2D eigenvalue weighted by molar-refractivity contribution is 0.0950. The van der Waals surface area contributed by atoms with Crippen molar-refractivity contribution >= 4 is 16.8 Å². The van der Waals surface area contributed by atoms with Crippen LogP contribution in [0.15, 0.2) is 54.6 Å². The molecule has 0 fully saturated rings. The van der Waals surface area contributed by atoms with Crippen molar-refractivity contribution in [2.75, 3.05) is 6.54 Å². The summed E-state index contributed by atoms with van der Waals surface area (Å²) in [6, 6.07) is 17.3. The van der Waals surface area contributed by atoms with Gasteiger partial charge in [-0.05, 0) is 6.07 Å². The lowest BCUT2D eigenvalue weighted by Gasteiger charge is -2.01. The predicted molar refractivity (Wildman–Crippen MR) is 93.9 cm³/mol. The third-order valence-electron chi connectivity index (χ3n) is 3.90. The molecule has 2 heterocycles. The second kappa shape index (κ2) is 6.56. The number of carbonyl (C=O) groups excluding carboxylic acids is 1. The van der Waals surface area contributed by atoms with Gasteiger partial charge in [0, 0.05) is 23.9 Å². The topological polar surface area (TPSA) is 99.3 Å². The molecule has 0 atom stereocenters. The molecule has 0 bridgehead atoms. The number of benzene rings is 2. The van der Waals surface area contributed by atoms with Crippen LogP contribution in [-0.4, -0.2) is 37.8 Å². The first kappa shape index (κ1) is 15.1. The summed E-state index contributed by atoms with van der Waals surface area (Å²) in [7, 11) is 0. The first-order valence-electron chi connectivity index (χ1n) is 7.99. The zero-order valence-electron chi connectivity index (χ0n) is 13.4. The maximum Gasteiger partial charge on any atom is 0.272 e.